The van der Waals surface area contributed by atoms with Crippen LogP contribution in [0.5, 0.6) is 0 Å². The topological polar surface area (TPSA) is 70.5 Å². The third-order valence-corrected chi connectivity index (χ3v) is 3.04. The Morgan fingerprint density at radius 1 is 1.37 bits per heavy atom. The molecule has 0 radical (unpaired) electrons. The zero-order valence-electron chi connectivity index (χ0n) is 11.6. The fourth-order valence-corrected chi connectivity index (χ4v) is 1.75. The summed E-state index contributed by atoms with van der Waals surface area (Å²) < 4.78 is 25.2. The second kappa shape index (κ2) is 8.36. The van der Waals surface area contributed by atoms with Crippen molar-refractivity contribution in [3.63, 3.8) is 0 Å². The van der Waals surface area contributed by atoms with Crippen molar-refractivity contribution in [1.82, 2.24) is 19.1 Å². The Morgan fingerprint density at radius 3 is 2.42 bits per heavy atom. The summed E-state index contributed by atoms with van der Waals surface area (Å²) in [7, 11) is 1.13. The van der Waals surface area contributed by atoms with Gasteiger partial charge in [0.1, 0.15) is 0 Å². The van der Waals surface area contributed by atoms with Crippen LogP contribution in [0, 0.1) is 0 Å². The van der Waals surface area contributed by atoms with Crippen LogP contribution in [0.1, 0.15) is 19.9 Å². The van der Waals surface area contributed by atoms with Gasteiger partial charge >= 0.3 is 0 Å². The van der Waals surface area contributed by atoms with Gasteiger partial charge in [-0.3, -0.25) is 4.68 Å². The molecule has 0 aliphatic carbocycles. The van der Waals surface area contributed by atoms with E-state index in [9.17, 15) is 8.42 Å². The number of hydrogen-bond acceptors (Lipinski definition) is 5. The molecule has 0 unspecified atom stereocenters. The van der Waals surface area contributed by atoms with E-state index >= 15 is 0 Å². The van der Waals surface area contributed by atoms with E-state index in [0.717, 1.165) is 0 Å². The largest absolute Gasteiger partial charge is 0.308 e. The van der Waals surface area contributed by atoms with Gasteiger partial charge in [-0.05, 0) is 27.9 Å². The van der Waals surface area contributed by atoms with Gasteiger partial charge in [-0.25, -0.2) is 8.42 Å². The molecule has 0 aromatic carbocycles. The molecule has 0 aliphatic heterocycles. The zero-order chi connectivity index (χ0) is 13.7. The Morgan fingerprint density at radius 2 is 2.00 bits per heavy atom. The van der Waals surface area contributed by atoms with Crippen molar-refractivity contribution in [2.45, 2.75) is 19.9 Å². The molecule has 1 aromatic heterocycles. The van der Waals surface area contributed by atoms with Crippen molar-refractivity contribution < 1.29 is 8.42 Å². The third-order valence-electron chi connectivity index (χ3n) is 2.34. The zero-order valence-corrected chi connectivity index (χ0v) is 13.3. The van der Waals surface area contributed by atoms with Crippen LogP contribution in [0.3, 0.4) is 0 Å². The van der Waals surface area contributed by atoms with Crippen molar-refractivity contribution >= 4 is 29.0 Å². The van der Waals surface area contributed by atoms with E-state index in [4.69, 9.17) is 0 Å². The quantitative estimate of drug-likeness (QED) is 0.570. The summed E-state index contributed by atoms with van der Waals surface area (Å²) in [6.07, 6.45) is 3.40. The van der Waals surface area contributed by atoms with Crippen molar-refractivity contribution in [3.8, 4) is 0 Å². The highest BCUT2D eigenvalue weighted by atomic mass is 35.5. The molecule has 0 atom stereocenters. The number of hydrogen-bond donors (Lipinski definition) is 2. The van der Waals surface area contributed by atoms with Gasteiger partial charge < -0.3 is 10.3 Å². The summed E-state index contributed by atoms with van der Waals surface area (Å²) >= 11 is 0. The first-order chi connectivity index (χ1) is 8.40. The summed E-state index contributed by atoms with van der Waals surface area (Å²) in [6, 6.07) is 0.247. The number of nitrogens with zero attached hydrogens (tertiary/aromatic N) is 4. The molecule has 0 spiro atoms. The minimum absolute atomic E-state index is 0. The third kappa shape index (κ3) is 6.24. The van der Waals surface area contributed by atoms with Crippen LogP contribution in [0.25, 0.3) is 0 Å². The molecular weight excluding hydrogens is 290 g/mol. The van der Waals surface area contributed by atoms with Gasteiger partial charge in [-0.2, -0.15) is 5.10 Å². The number of anilines is 1. The second-order valence-corrected chi connectivity index (χ2v) is 5.54. The van der Waals surface area contributed by atoms with Gasteiger partial charge in [0.25, 0.3) is 0 Å². The van der Waals surface area contributed by atoms with Crippen LogP contribution in [0.2, 0.25) is 0 Å². The predicted octanol–water partition coefficient (Wildman–Crippen LogP) is 0.603. The highest BCUT2D eigenvalue weighted by Gasteiger charge is 2.09. The number of aromatic nitrogens is 2. The molecule has 1 rings (SSSR count). The number of halogens is 1. The maximum Gasteiger partial charge on any atom is 0.220 e. The van der Waals surface area contributed by atoms with E-state index in [1.54, 1.807) is 17.1 Å². The Bertz CT molecular complexity index is 439. The standard InChI is InChI=1S/C10H21N5O2S.ClH/c1-9(2)14-8-10(7-11-14)12-15(18(16)17)6-5-13(3)4;/h7-9,12,18H,5-6H2,1-4H3;1H. The molecule has 0 aliphatic rings. The number of thiol groups is 1. The van der Waals surface area contributed by atoms with Crippen molar-refractivity contribution in [2.75, 3.05) is 32.6 Å². The van der Waals surface area contributed by atoms with Crippen molar-refractivity contribution in [3.05, 3.63) is 12.4 Å². The fraction of sp³-hybridized carbons (Fsp3) is 0.700. The Balaban J connectivity index is 0.00000324. The van der Waals surface area contributed by atoms with Crippen LogP contribution in [0.15, 0.2) is 12.4 Å². The van der Waals surface area contributed by atoms with Gasteiger partial charge in [0.15, 0.2) is 0 Å². The average Bonchev–Trinajstić information content (AvgIpc) is 2.71. The highest BCUT2D eigenvalue weighted by Crippen LogP contribution is 2.10. The number of nitrogens with one attached hydrogen (secondary N) is 1. The molecule has 1 aromatic rings. The normalized spacial score (nSPS) is 11.4. The van der Waals surface area contributed by atoms with E-state index in [-0.39, 0.29) is 18.4 Å². The molecule has 1 heterocycles. The first kappa shape index (κ1) is 18.2. The predicted molar refractivity (Wildman–Crippen MR) is 79.1 cm³/mol. The van der Waals surface area contributed by atoms with Gasteiger partial charge in [-0.15, -0.1) is 16.8 Å². The summed E-state index contributed by atoms with van der Waals surface area (Å²) in [5, 5.41) is 4.14. The Labute approximate surface area is 122 Å². The van der Waals surface area contributed by atoms with Crippen LogP contribution in [-0.2, 0) is 10.9 Å². The minimum atomic E-state index is -2.67. The van der Waals surface area contributed by atoms with Gasteiger partial charge in [0.2, 0.25) is 10.9 Å². The molecule has 1 N–H and O–H groups in total. The lowest BCUT2D eigenvalue weighted by Crippen LogP contribution is -2.34. The van der Waals surface area contributed by atoms with Crippen molar-refractivity contribution in [2.24, 2.45) is 0 Å². The van der Waals surface area contributed by atoms with E-state index in [1.165, 1.54) is 4.41 Å². The lowest BCUT2D eigenvalue weighted by molar-refractivity contribution is 0.361. The molecule has 19 heavy (non-hydrogen) atoms. The molecule has 9 heteroatoms. The molecular formula is C10H22ClN5O2S. The smallest absolute Gasteiger partial charge is 0.220 e. The Hall–Kier alpha value is -0.830. The van der Waals surface area contributed by atoms with Crippen LogP contribution in [-0.4, -0.2) is 54.7 Å². The SMILES string of the molecule is CC(C)n1cc(NN(CCN(C)C)[SH](=O)=O)cn1.Cl. The maximum atomic E-state index is 11.1. The van der Waals surface area contributed by atoms with Crippen LogP contribution >= 0.6 is 12.4 Å². The van der Waals surface area contributed by atoms with E-state index in [2.05, 4.69) is 10.5 Å². The van der Waals surface area contributed by atoms with E-state index in [0.29, 0.717) is 18.8 Å². The summed E-state index contributed by atoms with van der Waals surface area (Å²) in [4.78, 5) is 1.92. The van der Waals surface area contributed by atoms with E-state index in [1.807, 2.05) is 32.8 Å². The highest BCUT2D eigenvalue weighted by molar-refractivity contribution is 7.69. The molecule has 112 valence electrons. The molecule has 0 saturated heterocycles. The number of rotatable bonds is 7. The van der Waals surface area contributed by atoms with Crippen LogP contribution in [0.4, 0.5) is 5.69 Å². The molecule has 0 amide bonds. The van der Waals surface area contributed by atoms with Gasteiger partial charge in [0, 0.05) is 25.3 Å². The Kier molecular flexibility index (Phi) is 8.00. The number of likely N-dealkylation sites (N-methyl/N-ethyl adjacent to an activating group) is 1. The average molecular weight is 312 g/mol. The van der Waals surface area contributed by atoms with Crippen molar-refractivity contribution in [1.29, 1.82) is 0 Å². The molecule has 0 saturated carbocycles. The summed E-state index contributed by atoms with van der Waals surface area (Å²) in [6.45, 7) is 5.05. The van der Waals surface area contributed by atoms with Gasteiger partial charge in [0.05, 0.1) is 11.9 Å². The number of hydrazine groups is 1. The maximum absolute atomic E-state index is 11.1. The van der Waals surface area contributed by atoms with E-state index < -0.39 is 10.9 Å². The summed E-state index contributed by atoms with van der Waals surface area (Å²) in [5.74, 6) is 0. The molecule has 7 nitrogen and oxygen atoms in total. The molecule has 0 bridgehead atoms. The first-order valence-electron chi connectivity index (χ1n) is 5.77. The monoisotopic (exact) mass is 311 g/mol. The minimum Gasteiger partial charge on any atom is -0.308 e. The van der Waals surface area contributed by atoms with Gasteiger partial charge in [-0.1, -0.05) is 0 Å². The molecule has 0 fully saturated rings. The second-order valence-electron chi connectivity index (χ2n) is 4.58. The summed E-state index contributed by atoms with van der Waals surface area (Å²) in [5.41, 5.74) is 3.50. The fourth-order valence-electron chi connectivity index (χ4n) is 1.30. The first-order valence-corrected chi connectivity index (χ1v) is 6.90. The lowest BCUT2D eigenvalue weighted by Gasteiger charge is -2.18. The lowest BCUT2D eigenvalue weighted by atomic mass is 10.4. The van der Waals surface area contributed by atoms with Crippen LogP contribution < -0.4 is 5.43 Å².